The Bertz CT molecular complexity index is 319. The van der Waals surface area contributed by atoms with Crippen molar-refractivity contribution in [3.63, 3.8) is 0 Å². The number of anilines is 1. The maximum atomic E-state index is 13.0. The summed E-state index contributed by atoms with van der Waals surface area (Å²) in [7, 11) is -0.783. The molecule has 1 N–H and O–H groups in total. The second kappa shape index (κ2) is 5.70. The maximum Gasteiger partial charge on any atom is 0.165 e. The molecule has 0 bridgehead atoms. The molecule has 0 fully saturated rings. The fourth-order valence-corrected chi connectivity index (χ4v) is 1.55. The van der Waals surface area contributed by atoms with Gasteiger partial charge in [-0.3, -0.25) is 4.21 Å². The lowest BCUT2D eigenvalue weighted by atomic mass is 10.4. The summed E-state index contributed by atoms with van der Waals surface area (Å²) in [4.78, 5) is 3.83. The highest BCUT2D eigenvalue weighted by Gasteiger charge is 2.00. The molecular formula is C9H13FN2OS. The Hall–Kier alpha value is -0.970. The molecule has 0 aromatic carbocycles. The van der Waals surface area contributed by atoms with Crippen molar-refractivity contribution in [2.24, 2.45) is 0 Å². The SMILES string of the molecule is CS(=O)CCCNc1ncccc1F. The van der Waals surface area contributed by atoms with Crippen LogP contribution >= 0.6 is 0 Å². The number of nitrogens with zero attached hydrogens (tertiary/aromatic N) is 1. The van der Waals surface area contributed by atoms with Crippen molar-refractivity contribution in [2.75, 3.05) is 23.9 Å². The molecule has 1 unspecified atom stereocenters. The van der Waals surface area contributed by atoms with Gasteiger partial charge < -0.3 is 5.32 Å². The predicted molar refractivity (Wildman–Crippen MR) is 56.2 cm³/mol. The van der Waals surface area contributed by atoms with Crippen molar-refractivity contribution < 1.29 is 8.60 Å². The average Bonchev–Trinajstić information content (AvgIpc) is 2.15. The van der Waals surface area contributed by atoms with Crippen molar-refractivity contribution in [3.8, 4) is 0 Å². The molecular weight excluding hydrogens is 203 g/mol. The molecule has 3 nitrogen and oxygen atoms in total. The van der Waals surface area contributed by atoms with Gasteiger partial charge in [0, 0.05) is 35.5 Å². The smallest absolute Gasteiger partial charge is 0.165 e. The minimum Gasteiger partial charge on any atom is -0.368 e. The predicted octanol–water partition coefficient (Wildman–Crippen LogP) is 1.40. The van der Waals surface area contributed by atoms with Gasteiger partial charge in [0.1, 0.15) is 0 Å². The first kappa shape index (κ1) is 11.1. The van der Waals surface area contributed by atoms with Crippen LogP contribution in [-0.4, -0.2) is 27.7 Å². The number of pyridine rings is 1. The number of hydrogen-bond donors (Lipinski definition) is 1. The first-order valence-corrected chi connectivity index (χ1v) is 6.07. The fraction of sp³-hybridized carbons (Fsp3) is 0.444. The summed E-state index contributed by atoms with van der Waals surface area (Å²) in [5.74, 6) is 0.529. The van der Waals surface area contributed by atoms with Crippen LogP contribution in [0.5, 0.6) is 0 Å². The van der Waals surface area contributed by atoms with E-state index < -0.39 is 10.8 Å². The summed E-state index contributed by atoms with van der Waals surface area (Å²) < 4.78 is 23.7. The minimum atomic E-state index is -0.783. The molecule has 0 radical (unpaired) electrons. The molecule has 1 aromatic heterocycles. The Kier molecular flexibility index (Phi) is 4.52. The van der Waals surface area contributed by atoms with E-state index in [0.717, 1.165) is 6.42 Å². The van der Waals surface area contributed by atoms with Gasteiger partial charge in [0.25, 0.3) is 0 Å². The Morgan fingerprint density at radius 1 is 1.64 bits per heavy atom. The van der Waals surface area contributed by atoms with Crippen molar-refractivity contribution in [1.29, 1.82) is 0 Å². The second-order valence-corrected chi connectivity index (χ2v) is 4.45. The molecule has 0 aliphatic rings. The number of nitrogens with one attached hydrogen (secondary N) is 1. The van der Waals surface area contributed by atoms with E-state index in [2.05, 4.69) is 10.3 Å². The summed E-state index contributed by atoms with van der Waals surface area (Å²) in [5, 5.41) is 2.85. The highest BCUT2D eigenvalue weighted by atomic mass is 32.2. The van der Waals surface area contributed by atoms with Crippen LogP contribution in [0.25, 0.3) is 0 Å². The van der Waals surface area contributed by atoms with Crippen LogP contribution in [0.3, 0.4) is 0 Å². The lowest BCUT2D eigenvalue weighted by Crippen LogP contribution is -2.08. The zero-order chi connectivity index (χ0) is 10.4. The van der Waals surface area contributed by atoms with Gasteiger partial charge in [-0.15, -0.1) is 0 Å². The van der Waals surface area contributed by atoms with Gasteiger partial charge in [-0.2, -0.15) is 0 Å². The van der Waals surface area contributed by atoms with E-state index in [1.807, 2.05) is 0 Å². The third-order valence-corrected chi connectivity index (χ3v) is 2.52. The first-order valence-electron chi connectivity index (χ1n) is 4.34. The van der Waals surface area contributed by atoms with Gasteiger partial charge >= 0.3 is 0 Å². The van der Waals surface area contributed by atoms with Crippen molar-refractivity contribution >= 4 is 16.6 Å². The zero-order valence-electron chi connectivity index (χ0n) is 8.00. The Morgan fingerprint density at radius 2 is 2.43 bits per heavy atom. The van der Waals surface area contributed by atoms with E-state index in [0.29, 0.717) is 12.3 Å². The monoisotopic (exact) mass is 216 g/mol. The third-order valence-electron chi connectivity index (χ3n) is 1.66. The number of halogens is 1. The summed E-state index contributed by atoms with van der Waals surface area (Å²) >= 11 is 0. The van der Waals surface area contributed by atoms with E-state index in [1.165, 1.54) is 12.3 Å². The average molecular weight is 216 g/mol. The van der Waals surface area contributed by atoms with Crippen molar-refractivity contribution in [2.45, 2.75) is 6.42 Å². The summed E-state index contributed by atoms with van der Waals surface area (Å²) in [6.45, 7) is 0.591. The summed E-state index contributed by atoms with van der Waals surface area (Å²) in [5.41, 5.74) is 0. The molecule has 1 atom stereocenters. The second-order valence-electron chi connectivity index (χ2n) is 2.89. The molecule has 0 aliphatic carbocycles. The molecule has 0 saturated carbocycles. The molecule has 1 heterocycles. The van der Waals surface area contributed by atoms with Crippen LogP contribution in [0.2, 0.25) is 0 Å². The van der Waals surface area contributed by atoms with E-state index in [4.69, 9.17) is 0 Å². The van der Waals surface area contributed by atoms with Crippen LogP contribution in [0, 0.1) is 5.82 Å². The van der Waals surface area contributed by atoms with Gasteiger partial charge in [-0.05, 0) is 18.6 Å². The van der Waals surface area contributed by atoms with E-state index in [1.54, 1.807) is 12.3 Å². The Labute approximate surface area is 85.2 Å². The molecule has 5 heteroatoms. The lowest BCUT2D eigenvalue weighted by Gasteiger charge is -2.04. The third kappa shape index (κ3) is 3.83. The van der Waals surface area contributed by atoms with E-state index in [9.17, 15) is 8.60 Å². The zero-order valence-corrected chi connectivity index (χ0v) is 8.81. The standard InChI is InChI=1S/C9H13FN2OS/c1-14(13)7-3-6-12-9-8(10)4-2-5-11-9/h2,4-5H,3,6-7H2,1H3,(H,11,12). The molecule has 0 spiro atoms. The molecule has 1 rings (SSSR count). The largest absolute Gasteiger partial charge is 0.368 e. The molecule has 14 heavy (non-hydrogen) atoms. The summed E-state index contributed by atoms with van der Waals surface area (Å²) in [6.07, 6.45) is 3.93. The fourth-order valence-electron chi connectivity index (χ4n) is 0.998. The molecule has 1 aromatic rings. The highest BCUT2D eigenvalue weighted by Crippen LogP contribution is 2.07. The maximum absolute atomic E-state index is 13.0. The van der Waals surface area contributed by atoms with Crippen molar-refractivity contribution in [3.05, 3.63) is 24.1 Å². The van der Waals surface area contributed by atoms with Crippen LogP contribution in [0.1, 0.15) is 6.42 Å². The summed E-state index contributed by atoms with van der Waals surface area (Å²) in [6, 6.07) is 2.90. The molecule has 0 amide bonds. The van der Waals surface area contributed by atoms with Gasteiger partial charge in [0.2, 0.25) is 0 Å². The van der Waals surface area contributed by atoms with Gasteiger partial charge in [0.15, 0.2) is 11.6 Å². The van der Waals surface area contributed by atoms with Gasteiger partial charge in [-0.1, -0.05) is 0 Å². The van der Waals surface area contributed by atoms with Gasteiger partial charge in [-0.25, -0.2) is 9.37 Å². The normalized spacial score (nSPS) is 12.4. The molecule has 0 saturated heterocycles. The first-order chi connectivity index (χ1) is 6.70. The van der Waals surface area contributed by atoms with Crippen LogP contribution in [0.15, 0.2) is 18.3 Å². The van der Waals surface area contributed by atoms with E-state index in [-0.39, 0.29) is 11.6 Å². The van der Waals surface area contributed by atoms with Gasteiger partial charge in [0.05, 0.1) is 0 Å². The quantitative estimate of drug-likeness (QED) is 0.756. The topological polar surface area (TPSA) is 42.0 Å². The highest BCUT2D eigenvalue weighted by molar-refractivity contribution is 7.84. The van der Waals surface area contributed by atoms with E-state index >= 15 is 0 Å². The Morgan fingerprint density at radius 3 is 3.07 bits per heavy atom. The molecule has 78 valence electrons. The lowest BCUT2D eigenvalue weighted by molar-refractivity contribution is 0.624. The number of aromatic nitrogens is 1. The van der Waals surface area contributed by atoms with Crippen LogP contribution in [0.4, 0.5) is 10.2 Å². The number of hydrogen-bond acceptors (Lipinski definition) is 3. The number of rotatable bonds is 5. The minimum absolute atomic E-state index is 0.259. The van der Waals surface area contributed by atoms with Crippen LogP contribution < -0.4 is 5.32 Å². The molecule has 0 aliphatic heterocycles. The van der Waals surface area contributed by atoms with Crippen molar-refractivity contribution in [1.82, 2.24) is 4.98 Å². The Balaban J connectivity index is 2.31. The van der Waals surface area contributed by atoms with Crippen LogP contribution in [-0.2, 0) is 10.8 Å².